The van der Waals surface area contributed by atoms with Crippen LogP contribution in [-0.2, 0) is 5.41 Å². The molecule has 0 atom stereocenters. The lowest BCUT2D eigenvalue weighted by Gasteiger charge is -2.22. The summed E-state index contributed by atoms with van der Waals surface area (Å²) in [5.41, 5.74) is 1.07. The summed E-state index contributed by atoms with van der Waals surface area (Å²) >= 11 is 11.9. The molecule has 0 radical (unpaired) electrons. The van der Waals surface area contributed by atoms with Gasteiger partial charge in [0.1, 0.15) is 0 Å². The van der Waals surface area contributed by atoms with Crippen LogP contribution in [0.25, 0.3) is 0 Å². The second-order valence-corrected chi connectivity index (χ2v) is 4.17. The van der Waals surface area contributed by atoms with Crippen molar-refractivity contribution in [2.24, 2.45) is 0 Å². The summed E-state index contributed by atoms with van der Waals surface area (Å²) in [6, 6.07) is 7.82. The minimum absolute atomic E-state index is 0.0418. The second kappa shape index (κ2) is 3.68. The molecule has 0 heterocycles. The van der Waals surface area contributed by atoms with E-state index in [0.29, 0.717) is 5.88 Å². The third-order valence-electron chi connectivity index (χ3n) is 1.94. The van der Waals surface area contributed by atoms with Gasteiger partial charge in [0.25, 0.3) is 0 Å². The molecular weight excluding hydrogens is 191 g/mol. The normalized spacial score (nSPS) is 11.7. The molecule has 2 heteroatoms. The maximum Gasteiger partial charge on any atom is 0.0443 e. The number of rotatable bonds is 2. The van der Waals surface area contributed by atoms with Crippen LogP contribution in [0.5, 0.6) is 0 Å². The van der Waals surface area contributed by atoms with Crippen molar-refractivity contribution >= 4 is 23.2 Å². The Morgan fingerprint density at radius 1 is 1.25 bits per heavy atom. The zero-order valence-electron chi connectivity index (χ0n) is 7.27. The highest BCUT2D eigenvalue weighted by atomic mass is 35.5. The molecule has 0 aliphatic carbocycles. The van der Waals surface area contributed by atoms with Crippen molar-refractivity contribution < 1.29 is 0 Å². The van der Waals surface area contributed by atoms with Gasteiger partial charge in [-0.3, -0.25) is 0 Å². The highest BCUT2D eigenvalue weighted by Crippen LogP contribution is 2.30. The molecule has 0 saturated heterocycles. The first-order valence-electron chi connectivity index (χ1n) is 3.89. The number of halogens is 2. The fourth-order valence-corrected chi connectivity index (χ4v) is 1.62. The first kappa shape index (κ1) is 9.88. The molecule has 0 nitrogen and oxygen atoms in total. The second-order valence-electron chi connectivity index (χ2n) is 3.50. The molecule has 0 saturated carbocycles. The molecule has 0 amide bonds. The maximum atomic E-state index is 6.03. The summed E-state index contributed by atoms with van der Waals surface area (Å²) in [4.78, 5) is 0. The van der Waals surface area contributed by atoms with Gasteiger partial charge in [-0.25, -0.2) is 0 Å². The van der Waals surface area contributed by atoms with Crippen LogP contribution in [0.15, 0.2) is 24.3 Å². The lowest BCUT2D eigenvalue weighted by Crippen LogP contribution is -2.19. The van der Waals surface area contributed by atoms with E-state index in [1.54, 1.807) is 0 Å². The topological polar surface area (TPSA) is 0 Å². The van der Waals surface area contributed by atoms with E-state index >= 15 is 0 Å². The Bertz CT molecular complexity index is 266. The van der Waals surface area contributed by atoms with Gasteiger partial charge in [0, 0.05) is 16.3 Å². The largest absolute Gasteiger partial charge is 0.126 e. The van der Waals surface area contributed by atoms with E-state index in [2.05, 4.69) is 13.8 Å². The van der Waals surface area contributed by atoms with Gasteiger partial charge >= 0.3 is 0 Å². The lowest BCUT2D eigenvalue weighted by atomic mass is 9.87. The molecule has 0 fully saturated rings. The van der Waals surface area contributed by atoms with Crippen molar-refractivity contribution in [1.82, 2.24) is 0 Å². The Balaban J connectivity index is 3.10. The van der Waals surface area contributed by atoms with Gasteiger partial charge in [-0.05, 0) is 11.6 Å². The Morgan fingerprint density at radius 2 is 1.83 bits per heavy atom. The Morgan fingerprint density at radius 3 is 2.33 bits per heavy atom. The lowest BCUT2D eigenvalue weighted by molar-refractivity contribution is 0.598. The predicted molar refractivity (Wildman–Crippen MR) is 55.2 cm³/mol. The van der Waals surface area contributed by atoms with E-state index in [1.807, 2.05) is 24.3 Å². The van der Waals surface area contributed by atoms with Gasteiger partial charge in [0.05, 0.1) is 0 Å². The van der Waals surface area contributed by atoms with Crippen molar-refractivity contribution in [2.75, 3.05) is 5.88 Å². The van der Waals surface area contributed by atoms with E-state index in [-0.39, 0.29) is 5.41 Å². The average molecular weight is 203 g/mol. The van der Waals surface area contributed by atoms with Crippen LogP contribution in [0.3, 0.4) is 0 Å². The highest BCUT2D eigenvalue weighted by Gasteiger charge is 2.21. The molecule has 0 aliphatic heterocycles. The first-order valence-corrected chi connectivity index (χ1v) is 4.80. The van der Waals surface area contributed by atoms with Crippen molar-refractivity contribution in [3.8, 4) is 0 Å². The maximum absolute atomic E-state index is 6.03. The monoisotopic (exact) mass is 202 g/mol. The molecule has 0 aromatic heterocycles. The van der Waals surface area contributed by atoms with Gasteiger partial charge in [0.2, 0.25) is 0 Å². The molecule has 0 bridgehead atoms. The molecule has 66 valence electrons. The molecule has 0 unspecified atom stereocenters. The van der Waals surface area contributed by atoms with Gasteiger partial charge < -0.3 is 0 Å². The smallest absolute Gasteiger partial charge is 0.0443 e. The molecule has 0 N–H and O–H groups in total. The molecule has 1 aromatic rings. The summed E-state index contributed by atoms with van der Waals surface area (Å²) < 4.78 is 0. The predicted octanol–water partition coefficient (Wildman–Crippen LogP) is 3.86. The van der Waals surface area contributed by atoms with Crippen LogP contribution in [-0.4, -0.2) is 5.88 Å². The number of hydrogen-bond donors (Lipinski definition) is 0. The van der Waals surface area contributed by atoms with Gasteiger partial charge in [-0.2, -0.15) is 0 Å². The molecule has 1 aromatic carbocycles. The number of alkyl halides is 1. The summed E-state index contributed by atoms with van der Waals surface area (Å²) in [5, 5.41) is 0.795. The Hall–Kier alpha value is -0.200. The van der Waals surface area contributed by atoms with Crippen LogP contribution in [0.2, 0.25) is 5.02 Å². The van der Waals surface area contributed by atoms with Crippen LogP contribution in [0.4, 0.5) is 0 Å². The number of benzene rings is 1. The molecule has 12 heavy (non-hydrogen) atoms. The molecule has 0 aliphatic rings. The van der Waals surface area contributed by atoms with Crippen molar-refractivity contribution in [2.45, 2.75) is 19.3 Å². The average Bonchev–Trinajstić information content (AvgIpc) is 2.05. The van der Waals surface area contributed by atoms with Crippen LogP contribution >= 0.6 is 23.2 Å². The van der Waals surface area contributed by atoms with Gasteiger partial charge in [0.15, 0.2) is 0 Å². The minimum Gasteiger partial charge on any atom is -0.126 e. The quantitative estimate of drug-likeness (QED) is 0.640. The summed E-state index contributed by atoms with van der Waals surface area (Å²) in [6.45, 7) is 4.17. The van der Waals surface area contributed by atoms with E-state index in [4.69, 9.17) is 23.2 Å². The van der Waals surface area contributed by atoms with Crippen molar-refractivity contribution in [3.63, 3.8) is 0 Å². The standard InChI is InChI=1S/C10H12Cl2/c1-10(2,7-11)8-5-3-4-6-9(8)12/h3-6H,7H2,1-2H3. The third-order valence-corrected chi connectivity index (χ3v) is 2.93. The van der Waals surface area contributed by atoms with Crippen molar-refractivity contribution in [1.29, 1.82) is 0 Å². The van der Waals surface area contributed by atoms with Gasteiger partial charge in [-0.15, -0.1) is 11.6 Å². The summed E-state index contributed by atoms with van der Waals surface area (Å²) in [5.74, 6) is 0.580. The zero-order valence-corrected chi connectivity index (χ0v) is 8.78. The third kappa shape index (κ3) is 1.94. The highest BCUT2D eigenvalue weighted by molar-refractivity contribution is 6.31. The van der Waals surface area contributed by atoms with E-state index < -0.39 is 0 Å². The van der Waals surface area contributed by atoms with Crippen LogP contribution in [0.1, 0.15) is 19.4 Å². The van der Waals surface area contributed by atoms with Crippen LogP contribution in [0, 0.1) is 0 Å². The van der Waals surface area contributed by atoms with E-state index in [9.17, 15) is 0 Å². The molecule has 1 rings (SSSR count). The van der Waals surface area contributed by atoms with E-state index in [1.165, 1.54) is 0 Å². The number of hydrogen-bond acceptors (Lipinski definition) is 0. The molecule has 0 spiro atoms. The SMILES string of the molecule is CC(C)(CCl)c1ccccc1Cl. The fourth-order valence-electron chi connectivity index (χ4n) is 1.08. The fraction of sp³-hybridized carbons (Fsp3) is 0.400. The zero-order chi connectivity index (χ0) is 9.19. The minimum atomic E-state index is -0.0418. The summed E-state index contributed by atoms with van der Waals surface area (Å²) in [6.07, 6.45) is 0. The Kier molecular flexibility index (Phi) is 3.03. The first-order chi connectivity index (χ1) is 5.58. The summed E-state index contributed by atoms with van der Waals surface area (Å²) in [7, 11) is 0. The Labute approximate surface area is 83.5 Å². The van der Waals surface area contributed by atoms with Gasteiger partial charge in [-0.1, -0.05) is 43.6 Å². The van der Waals surface area contributed by atoms with Crippen molar-refractivity contribution in [3.05, 3.63) is 34.9 Å². The molecular formula is C10H12Cl2. The van der Waals surface area contributed by atoms with Crippen LogP contribution < -0.4 is 0 Å². The van der Waals surface area contributed by atoms with E-state index in [0.717, 1.165) is 10.6 Å².